The average Bonchev–Trinajstić information content (AvgIpc) is 3.19. The van der Waals surface area contributed by atoms with E-state index in [1.54, 1.807) is 17.9 Å². The Balaban J connectivity index is 1.21. The molecule has 0 aliphatic carbocycles. The third-order valence-electron chi connectivity index (χ3n) is 10.4. The van der Waals surface area contributed by atoms with Crippen molar-refractivity contribution in [2.45, 2.75) is 32.5 Å². The number of rotatable bonds is 12. The maximum Gasteiger partial charge on any atom is 0.247 e. The second-order valence-corrected chi connectivity index (χ2v) is 14.2. The van der Waals surface area contributed by atoms with Crippen molar-refractivity contribution in [2.24, 2.45) is 0 Å². The molecule has 2 fully saturated rings. The summed E-state index contributed by atoms with van der Waals surface area (Å²) in [6.45, 7) is 8.45. The molecule has 276 valence electrons. The highest BCUT2D eigenvalue weighted by atomic mass is 16.2. The summed E-state index contributed by atoms with van der Waals surface area (Å²) in [5.41, 5.74) is 6.40. The maximum absolute atomic E-state index is 14.7. The molecule has 0 aromatic heterocycles. The molecule has 2 aliphatic heterocycles. The fourth-order valence-corrected chi connectivity index (χ4v) is 7.12. The Morgan fingerprint density at radius 1 is 0.660 bits per heavy atom. The number of anilines is 2. The molecule has 1 unspecified atom stereocenters. The molecule has 0 N–H and O–H groups in total. The van der Waals surface area contributed by atoms with E-state index in [1.165, 1.54) is 11.3 Å². The standard InChI is InChI=1S/C44H52N6O3/c1-35(51)47-28-30-48(31-29-47)41-21-16-39(17-22-41)34-50(43(52)23-18-36-10-6-4-7-11-36)42(32-37-12-8-5-9-13-37)44(53)49-26-24-46(25-27-49)33-38-14-19-40(20-15-38)45(2)3/h4-23,42H,24-34H2,1-3H3. The lowest BCUT2D eigenvalue weighted by molar-refractivity contribution is -0.145. The van der Waals surface area contributed by atoms with E-state index in [4.69, 9.17) is 0 Å². The van der Waals surface area contributed by atoms with Crippen LogP contribution in [0.25, 0.3) is 6.08 Å². The second-order valence-electron chi connectivity index (χ2n) is 14.2. The normalized spacial score (nSPS) is 15.7. The molecule has 4 aromatic rings. The van der Waals surface area contributed by atoms with Crippen LogP contribution in [0.15, 0.2) is 115 Å². The number of piperazine rings is 2. The molecule has 9 nitrogen and oxygen atoms in total. The van der Waals surface area contributed by atoms with Crippen molar-refractivity contribution in [2.75, 3.05) is 76.3 Å². The van der Waals surface area contributed by atoms with Gasteiger partial charge in [-0.05, 0) is 52.6 Å². The van der Waals surface area contributed by atoms with E-state index in [-0.39, 0.29) is 17.7 Å². The summed E-state index contributed by atoms with van der Waals surface area (Å²) in [7, 11) is 4.09. The molecule has 0 bridgehead atoms. The number of carbonyl (C=O) groups excluding carboxylic acids is 3. The number of nitrogens with zero attached hydrogens (tertiary/aromatic N) is 6. The topological polar surface area (TPSA) is 70.6 Å². The SMILES string of the molecule is CC(=O)N1CCN(c2ccc(CN(C(=O)C=Cc3ccccc3)C(Cc3ccccc3)C(=O)N3CCN(Cc4ccc(N(C)C)cc4)CC3)cc2)CC1. The van der Waals surface area contributed by atoms with Crippen molar-refractivity contribution in [3.8, 4) is 0 Å². The van der Waals surface area contributed by atoms with Gasteiger partial charge in [-0.25, -0.2) is 0 Å². The van der Waals surface area contributed by atoms with E-state index >= 15 is 0 Å². The van der Waals surface area contributed by atoms with Crippen LogP contribution in [-0.4, -0.2) is 110 Å². The first-order valence-corrected chi connectivity index (χ1v) is 18.7. The van der Waals surface area contributed by atoms with Gasteiger partial charge in [0.25, 0.3) is 0 Å². The number of hydrogen-bond acceptors (Lipinski definition) is 6. The fourth-order valence-electron chi connectivity index (χ4n) is 7.12. The molecule has 9 heteroatoms. The summed E-state index contributed by atoms with van der Waals surface area (Å²) in [5.74, 6) is -0.115. The van der Waals surface area contributed by atoms with Gasteiger partial charge in [-0.1, -0.05) is 84.9 Å². The molecule has 2 aliphatic rings. The van der Waals surface area contributed by atoms with Crippen molar-refractivity contribution >= 4 is 35.2 Å². The fraction of sp³-hybridized carbons (Fsp3) is 0.341. The van der Waals surface area contributed by atoms with Gasteiger partial charge < -0.3 is 24.5 Å². The van der Waals surface area contributed by atoms with Crippen molar-refractivity contribution in [3.05, 3.63) is 138 Å². The molecule has 6 rings (SSSR count). The average molecular weight is 713 g/mol. The highest BCUT2D eigenvalue weighted by Crippen LogP contribution is 2.23. The summed E-state index contributed by atoms with van der Waals surface area (Å²) in [4.78, 5) is 53.1. The number of benzene rings is 4. The zero-order valence-electron chi connectivity index (χ0n) is 31.3. The quantitative estimate of drug-likeness (QED) is 0.183. The van der Waals surface area contributed by atoms with Crippen LogP contribution in [0.2, 0.25) is 0 Å². The van der Waals surface area contributed by atoms with Gasteiger partial charge in [-0.2, -0.15) is 0 Å². The van der Waals surface area contributed by atoms with E-state index in [0.717, 1.165) is 55.1 Å². The zero-order chi connectivity index (χ0) is 37.2. The third kappa shape index (κ3) is 10.1. The van der Waals surface area contributed by atoms with Crippen LogP contribution in [-0.2, 0) is 33.9 Å². The minimum Gasteiger partial charge on any atom is -0.378 e. The Morgan fingerprint density at radius 3 is 1.85 bits per heavy atom. The zero-order valence-corrected chi connectivity index (χ0v) is 31.3. The van der Waals surface area contributed by atoms with Gasteiger partial charge >= 0.3 is 0 Å². The predicted octanol–water partition coefficient (Wildman–Crippen LogP) is 5.42. The van der Waals surface area contributed by atoms with Crippen LogP contribution < -0.4 is 9.80 Å². The van der Waals surface area contributed by atoms with Gasteiger partial charge in [0.15, 0.2) is 0 Å². The minimum absolute atomic E-state index is 0.0229. The van der Waals surface area contributed by atoms with E-state index in [2.05, 4.69) is 63.2 Å². The van der Waals surface area contributed by atoms with Gasteiger partial charge in [-0.3, -0.25) is 19.3 Å². The third-order valence-corrected chi connectivity index (χ3v) is 10.4. The summed E-state index contributed by atoms with van der Waals surface area (Å²) in [6, 6.07) is 36.0. The van der Waals surface area contributed by atoms with Crippen LogP contribution >= 0.6 is 0 Å². The van der Waals surface area contributed by atoms with Gasteiger partial charge in [-0.15, -0.1) is 0 Å². The lowest BCUT2D eigenvalue weighted by Gasteiger charge is -2.39. The smallest absolute Gasteiger partial charge is 0.247 e. The Bertz CT molecular complexity index is 1810. The van der Waals surface area contributed by atoms with E-state index in [9.17, 15) is 14.4 Å². The number of carbonyl (C=O) groups is 3. The lowest BCUT2D eigenvalue weighted by Crippen LogP contribution is -2.56. The molecule has 2 heterocycles. The monoisotopic (exact) mass is 712 g/mol. The van der Waals surface area contributed by atoms with Crippen molar-refractivity contribution in [1.29, 1.82) is 0 Å². The van der Waals surface area contributed by atoms with Crippen LogP contribution in [0, 0.1) is 0 Å². The van der Waals surface area contributed by atoms with Gasteiger partial charge in [0.1, 0.15) is 6.04 Å². The highest BCUT2D eigenvalue weighted by Gasteiger charge is 2.34. The van der Waals surface area contributed by atoms with Gasteiger partial charge in [0.2, 0.25) is 17.7 Å². The second kappa shape index (κ2) is 17.9. The molecular weight excluding hydrogens is 661 g/mol. The molecule has 3 amide bonds. The molecule has 2 saturated heterocycles. The first-order chi connectivity index (χ1) is 25.7. The van der Waals surface area contributed by atoms with Crippen molar-refractivity contribution in [3.63, 3.8) is 0 Å². The number of amides is 3. The predicted molar refractivity (Wildman–Crippen MR) is 213 cm³/mol. The molecule has 4 aromatic carbocycles. The van der Waals surface area contributed by atoms with Crippen molar-refractivity contribution in [1.82, 2.24) is 19.6 Å². The largest absolute Gasteiger partial charge is 0.378 e. The molecule has 0 radical (unpaired) electrons. The van der Waals surface area contributed by atoms with E-state index in [0.29, 0.717) is 39.1 Å². The van der Waals surface area contributed by atoms with Crippen LogP contribution in [0.1, 0.15) is 29.2 Å². The highest BCUT2D eigenvalue weighted by molar-refractivity contribution is 5.95. The van der Waals surface area contributed by atoms with Gasteiger partial charge in [0.05, 0.1) is 0 Å². The van der Waals surface area contributed by atoms with Crippen molar-refractivity contribution < 1.29 is 14.4 Å². The number of hydrogen-bond donors (Lipinski definition) is 0. The van der Waals surface area contributed by atoms with Crippen LogP contribution in [0.5, 0.6) is 0 Å². The Kier molecular flexibility index (Phi) is 12.6. The summed E-state index contributed by atoms with van der Waals surface area (Å²) < 4.78 is 0. The molecule has 0 saturated carbocycles. The van der Waals surface area contributed by atoms with Crippen LogP contribution in [0.4, 0.5) is 11.4 Å². The maximum atomic E-state index is 14.7. The summed E-state index contributed by atoms with van der Waals surface area (Å²) in [6.07, 6.45) is 3.84. The van der Waals surface area contributed by atoms with Crippen LogP contribution in [0.3, 0.4) is 0 Å². The molecule has 1 atom stereocenters. The Morgan fingerprint density at radius 2 is 1.25 bits per heavy atom. The molecule has 0 spiro atoms. The molecular formula is C44H52N6O3. The lowest BCUT2D eigenvalue weighted by atomic mass is 10.0. The van der Waals surface area contributed by atoms with E-state index in [1.807, 2.05) is 90.6 Å². The summed E-state index contributed by atoms with van der Waals surface area (Å²) >= 11 is 0. The Labute approximate surface area is 314 Å². The first kappa shape index (κ1) is 37.4. The Hall–Kier alpha value is -5.41. The summed E-state index contributed by atoms with van der Waals surface area (Å²) in [5, 5.41) is 0. The minimum atomic E-state index is -0.685. The van der Waals surface area contributed by atoms with E-state index < -0.39 is 6.04 Å². The first-order valence-electron chi connectivity index (χ1n) is 18.7. The molecule has 53 heavy (non-hydrogen) atoms. The van der Waals surface area contributed by atoms with Gasteiger partial charge in [0, 0.05) is 110 Å².